The highest BCUT2D eigenvalue weighted by molar-refractivity contribution is 5.57. The Morgan fingerprint density at radius 2 is 1.95 bits per heavy atom. The van der Waals surface area contributed by atoms with Gasteiger partial charge in [-0.3, -0.25) is 0 Å². The molecule has 1 aliphatic carbocycles. The molecule has 0 amide bonds. The van der Waals surface area contributed by atoms with Crippen LogP contribution in [0, 0.1) is 0 Å². The van der Waals surface area contributed by atoms with Crippen molar-refractivity contribution in [1.82, 2.24) is 9.97 Å². The predicted octanol–water partition coefficient (Wildman–Crippen LogP) is 1.32. The summed E-state index contributed by atoms with van der Waals surface area (Å²) in [5.41, 5.74) is 8.36. The van der Waals surface area contributed by atoms with Gasteiger partial charge in [0.25, 0.3) is 0 Å². The number of fused-ring (bicyclic) bond motifs is 1. The molecule has 20 heavy (non-hydrogen) atoms. The second kappa shape index (κ2) is 4.97. The lowest BCUT2D eigenvalue weighted by atomic mass is 10.1. The van der Waals surface area contributed by atoms with E-state index in [-0.39, 0.29) is 23.6 Å². The maximum atomic E-state index is 9.65. The highest BCUT2D eigenvalue weighted by Gasteiger charge is 2.20. The van der Waals surface area contributed by atoms with Gasteiger partial charge in [-0.25, -0.2) is 0 Å². The quantitative estimate of drug-likeness (QED) is 0.876. The van der Waals surface area contributed by atoms with Crippen molar-refractivity contribution in [1.29, 1.82) is 0 Å². The number of nitrogen functional groups attached to an aromatic ring is 1. The van der Waals surface area contributed by atoms with Crippen molar-refractivity contribution in [2.75, 3.05) is 12.8 Å². The lowest BCUT2D eigenvalue weighted by molar-refractivity contribution is 0.187. The van der Waals surface area contributed by atoms with Crippen molar-refractivity contribution < 1.29 is 14.6 Å². The number of benzene rings is 1. The van der Waals surface area contributed by atoms with Gasteiger partial charge in [0.2, 0.25) is 11.8 Å². The Morgan fingerprint density at radius 3 is 2.75 bits per heavy atom. The fraction of sp³-hybridized carbons (Fsp3) is 0.286. The Bertz CT molecular complexity index is 646. The van der Waals surface area contributed by atoms with Crippen LogP contribution in [0.5, 0.6) is 17.5 Å². The van der Waals surface area contributed by atoms with Gasteiger partial charge in [0.1, 0.15) is 12.1 Å². The number of aliphatic hydroxyl groups excluding tert-OH is 1. The molecule has 0 radical (unpaired) electrons. The molecule has 1 unspecified atom stereocenters. The summed E-state index contributed by atoms with van der Waals surface area (Å²) in [6.07, 6.45) is 2.38. The van der Waals surface area contributed by atoms with Gasteiger partial charge in [0.15, 0.2) is 5.69 Å². The number of nitrogens with two attached hydrogens (primary N) is 1. The third-order valence-electron chi connectivity index (χ3n) is 3.31. The molecule has 0 saturated carbocycles. The summed E-state index contributed by atoms with van der Waals surface area (Å²) >= 11 is 0. The van der Waals surface area contributed by atoms with Crippen LogP contribution >= 0.6 is 0 Å². The van der Waals surface area contributed by atoms with Gasteiger partial charge in [-0.1, -0.05) is 6.07 Å². The number of hydrogen-bond donors (Lipinski definition) is 2. The molecule has 1 aromatic carbocycles. The highest BCUT2D eigenvalue weighted by atomic mass is 16.5. The molecule has 104 valence electrons. The van der Waals surface area contributed by atoms with Crippen LogP contribution in [0.1, 0.15) is 11.1 Å². The van der Waals surface area contributed by atoms with Gasteiger partial charge in [0, 0.05) is 0 Å². The van der Waals surface area contributed by atoms with Gasteiger partial charge in [0.05, 0.1) is 13.2 Å². The molecule has 0 spiro atoms. The normalized spacial score (nSPS) is 16.8. The molecule has 1 aliphatic rings. The van der Waals surface area contributed by atoms with E-state index in [2.05, 4.69) is 9.97 Å². The van der Waals surface area contributed by atoms with Gasteiger partial charge in [-0.05, 0) is 36.1 Å². The molecule has 1 aromatic heterocycles. The Kier molecular flexibility index (Phi) is 3.15. The van der Waals surface area contributed by atoms with E-state index in [9.17, 15) is 5.11 Å². The SMILES string of the molecule is COc1ncnc(Oc2ccc3c(c2)CC(O)C3)c1N. The first-order valence-electron chi connectivity index (χ1n) is 6.29. The Morgan fingerprint density at radius 1 is 1.20 bits per heavy atom. The summed E-state index contributed by atoms with van der Waals surface area (Å²) in [4.78, 5) is 7.90. The van der Waals surface area contributed by atoms with E-state index >= 15 is 0 Å². The second-order valence-electron chi connectivity index (χ2n) is 4.70. The molecule has 0 bridgehead atoms. The van der Waals surface area contributed by atoms with Crippen molar-refractivity contribution in [3.05, 3.63) is 35.7 Å². The average molecular weight is 273 g/mol. The minimum atomic E-state index is -0.301. The molecule has 1 atom stereocenters. The first-order valence-corrected chi connectivity index (χ1v) is 6.29. The number of aliphatic hydroxyl groups is 1. The topological polar surface area (TPSA) is 90.5 Å². The van der Waals surface area contributed by atoms with E-state index in [0.717, 1.165) is 11.1 Å². The zero-order valence-corrected chi connectivity index (χ0v) is 11.0. The highest BCUT2D eigenvalue weighted by Crippen LogP contribution is 2.32. The molecule has 0 saturated heterocycles. The van der Waals surface area contributed by atoms with E-state index in [0.29, 0.717) is 18.6 Å². The number of ether oxygens (including phenoxy) is 2. The van der Waals surface area contributed by atoms with Crippen LogP contribution in [0.2, 0.25) is 0 Å². The van der Waals surface area contributed by atoms with Crippen molar-refractivity contribution in [3.63, 3.8) is 0 Å². The van der Waals surface area contributed by atoms with E-state index in [1.54, 1.807) is 0 Å². The molecule has 2 aromatic rings. The number of anilines is 1. The maximum absolute atomic E-state index is 9.65. The van der Waals surface area contributed by atoms with Crippen molar-refractivity contribution in [2.45, 2.75) is 18.9 Å². The molecule has 1 heterocycles. The Hall–Kier alpha value is -2.34. The Balaban J connectivity index is 1.87. The standard InChI is InChI=1S/C14H15N3O3/c1-19-13-12(15)14(17-7-16-13)20-11-3-2-8-4-10(18)5-9(8)6-11/h2-3,6-7,10,18H,4-5,15H2,1H3. The van der Waals surface area contributed by atoms with E-state index in [4.69, 9.17) is 15.2 Å². The summed E-state index contributed by atoms with van der Waals surface area (Å²) in [7, 11) is 1.49. The third kappa shape index (κ3) is 2.25. The monoisotopic (exact) mass is 273 g/mol. The summed E-state index contributed by atoms with van der Waals surface area (Å²) in [5, 5.41) is 9.65. The van der Waals surface area contributed by atoms with E-state index in [1.165, 1.54) is 13.4 Å². The smallest absolute Gasteiger partial charge is 0.249 e. The van der Waals surface area contributed by atoms with Gasteiger partial charge in [-0.15, -0.1) is 0 Å². The average Bonchev–Trinajstić information content (AvgIpc) is 2.80. The maximum Gasteiger partial charge on any atom is 0.249 e. The first-order chi connectivity index (χ1) is 9.67. The molecule has 6 heteroatoms. The number of rotatable bonds is 3. The number of aromatic nitrogens is 2. The van der Waals surface area contributed by atoms with Crippen LogP contribution in [0.15, 0.2) is 24.5 Å². The second-order valence-corrected chi connectivity index (χ2v) is 4.70. The van der Waals surface area contributed by atoms with Crippen LogP contribution in [0.4, 0.5) is 5.69 Å². The van der Waals surface area contributed by atoms with Crippen LogP contribution in [0.25, 0.3) is 0 Å². The molecule has 0 aliphatic heterocycles. The van der Waals surface area contributed by atoms with E-state index < -0.39 is 0 Å². The number of nitrogens with zero attached hydrogens (tertiary/aromatic N) is 2. The molecular formula is C14H15N3O3. The summed E-state index contributed by atoms with van der Waals surface area (Å²) in [5.74, 6) is 1.17. The summed E-state index contributed by atoms with van der Waals surface area (Å²) in [6.45, 7) is 0. The lowest BCUT2D eigenvalue weighted by Gasteiger charge is -2.10. The minimum Gasteiger partial charge on any atom is -0.479 e. The minimum absolute atomic E-state index is 0.260. The first kappa shape index (κ1) is 12.7. The molecular weight excluding hydrogens is 258 g/mol. The molecule has 0 fully saturated rings. The van der Waals surface area contributed by atoms with Crippen LogP contribution < -0.4 is 15.2 Å². The molecule has 3 N–H and O–H groups in total. The number of methoxy groups -OCH3 is 1. The molecule has 3 rings (SSSR count). The van der Waals surface area contributed by atoms with Crippen molar-refractivity contribution in [2.24, 2.45) is 0 Å². The zero-order chi connectivity index (χ0) is 14.1. The largest absolute Gasteiger partial charge is 0.479 e. The summed E-state index contributed by atoms with van der Waals surface area (Å²) in [6, 6.07) is 5.69. The summed E-state index contributed by atoms with van der Waals surface area (Å²) < 4.78 is 10.7. The zero-order valence-electron chi connectivity index (χ0n) is 11.0. The van der Waals surface area contributed by atoms with Crippen molar-refractivity contribution in [3.8, 4) is 17.5 Å². The van der Waals surface area contributed by atoms with Crippen LogP contribution in [0.3, 0.4) is 0 Å². The lowest BCUT2D eigenvalue weighted by Crippen LogP contribution is -2.03. The fourth-order valence-corrected chi connectivity index (χ4v) is 2.35. The third-order valence-corrected chi connectivity index (χ3v) is 3.31. The fourth-order valence-electron chi connectivity index (χ4n) is 2.35. The number of hydrogen-bond acceptors (Lipinski definition) is 6. The van der Waals surface area contributed by atoms with Gasteiger partial charge in [-0.2, -0.15) is 9.97 Å². The van der Waals surface area contributed by atoms with Crippen LogP contribution in [-0.2, 0) is 12.8 Å². The Labute approximate surface area is 116 Å². The van der Waals surface area contributed by atoms with Gasteiger partial charge < -0.3 is 20.3 Å². The molecule has 6 nitrogen and oxygen atoms in total. The van der Waals surface area contributed by atoms with Gasteiger partial charge >= 0.3 is 0 Å². The van der Waals surface area contributed by atoms with E-state index in [1.807, 2.05) is 18.2 Å². The van der Waals surface area contributed by atoms with Crippen LogP contribution in [-0.4, -0.2) is 28.3 Å². The van der Waals surface area contributed by atoms with Crippen molar-refractivity contribution >= 4 is 5.69 Å². The predicted molar refractivity (Wildman–Crippen MR) is 72.9 cm³/mol.